The van der Waals surface area contributed by atoms with Crippen molar-refractivity contribution in [2.45, 2.75) is 13.2 Å². The van der Waals surface area contributed by atoms with Gasteiger partial charge in [0.25, 0.3) is 0 Å². The van der Waals surface area contributed by atoms with Crippen molar-refractivity contribution in [3.05, 3.63) is 96.1 Å². The van der Waals surface area contributed by atoms with Crippen LogP contribution in [0.1, 0.15) is 11.1 Å². The van der Waals surface area contributed by atoms with Crippen molar-refractivity contribution in [2.75, 3.05) is 18.1 Å². The Kier molecular flexibility index (Phi) is 7.04. The van der Waals surface area contributed by atoms with Crippen molar-refractivity contribution in [1.29, 1.82) is 0 Å². The smallest absolute Gasteiger partial charge is 0.414 e. The maximum absolute atomic E-state index is 12.8. The molecule has 0 unspecified atom stereocenters. The Bertz CT molecular complexity index is 851. The summed E-state index contributed by atoms with van der Waals surface area (Å²) in [7, 11) is 0. The van der Waals surface area contributed by atoms with E-state index in [0.29, 0.717) is 18.0 Å². The van der Waals surface area contributed by atoms with Crippen LogP contribution in [0.4, 0.5) is 10.5 Å². The van der Waals surface area contributed by atoms with E-state index in [-0.39, 0.29) is 19.8 Å². The van der Waals surface area contributed by atoms with Crippen molar-refractivity contribution in [2.24, 2.45) is 0 Å². The number of hydrogen-bond acceptors (Lipinski definition) is 4. The lowest BCUT2D eigenvalue weighted by molar-refractivity contribution is 0.146. The van der Waals surface area contributed by atoms with Gasteiger partial charge in [-0.3, -0.25) is 4.90 Å². The fourth-order valence-electron chi connectivity index (χ4n) is 2.71. The van der Waals surface area contributed by atoms with Crippen LogP contribution >= 0.6 is 0 Å². The summed E-state index contributed by atoms with van der Waals surface area (Å²) >= 11 is 0. The van der Waals surface area contributed by atoms with Gasteiger partial charge in [0.1, 0.15) is 19.0 Å². The molecule has 0 heterocycles. The van der Waals surface area contributed by atoms with Gasteiger partial charge in [0.05, 0.1) is 13.2 Å². The van der Waals surface area contributed by atoms with Gasteiger partial charge >= 0.3 is 6.09 Å². The number of amides is 1. The van der Waals surface area contributed by atoms with E-state index in [1.54, 1.807) is 29.2 Å². The molecule has 3 aromatic rings. The monoisotopic (exact) mass is 377 g/mol. The predicted molar refractivity (Wildman–Crippen MR) is 108 cm³/mol. The topological polar surface area (TPSA) is 59.0 Å². The molecule has 0 aromatic heterocycles. The average molecular weight is 377 g/mol. The summed E-state index contributed by atoms with van der Waals surface area (Å²) in [5.74, 6) is 0.634. The zero-order valence-electron chi connectivity index (χ0n) is 15.5. The first-order valence-corrected chi connectivity index (χ1v) is 9.12. The van der Waals surface area contributed by atoms with Crippen LogP contribution < -0.4 is 9.64 Å². The van der Waals surface area contributed by atoms with E-state index in [4.69, 9.17) is 14.6 Å². The number of benzene rings is 3. The zero-order valence-corrected chi connectivity index (χ0v) is 15.5. The molecular weight excluding hydrogens is 354 g/mol. The molecule has 0 bridgehead atoms. The van der Waals surface area contributed by atoms with Crippen molar-refractivity contribution in [3.63, 3.8) is 0 Å². The summed E-state index contributed by atoms with van der Waals surface area (Å²) in [4.78, 5) is 14.4. The Morgan fingerprint density at radius 2 is 1.43 bits per heavy atom. The van der Waals surface area contributed by atoms with Gasteiger partial charge in [-0.1, -0.05) is 60.7 Å². The number of aliphatic hydroxyl groups is 1. The largest absolute Gasteiger partial charge is 0.491 e. The van der Waals surface area contributed by atoms with Gasteiger partial charge in [-0.05, 0) is 35.4 Å². The van der Waals surface area contributed by atoms with Gasteiger partial charge in [-0.2, -0.15) is 0 Å². The summed E-state index contributed by atoms with van der Waals surface area (Å²) in [6.45, 7) is 0.786. The van der Waals surface area contributed by atoms with Crippen LogP contribution in [0.3, 0.4) is 0 Å². The minimum absolute atomic E-state index is 0.0479. The van der Waals surface area contributed by atoms with Gasteiger partial charge < -0.3 is 14.6 Å². The number of carbonyl (C=O) groups is 1. The Morgan fingerprint density at radius 1 is 0.821 bits per heavy atom. The number of aliphatic hydroxyl groups excluding tert-OH is 1. The van der Waals surface area contributed by atoms with Gasteiger partial charge in [-0.15, -0.1) is 0 Å². The van der Waals surface area contributed by atoms with E-state index in [2.05, 4.69) is 0 Å². The maximum Gasteiger partial charge on any atom is 0.414 e. The van der Waals surface area contributed by atoms with Crippen LogP contribution in [0.5, 0.6) is 5.75 Å². The van der Waals surface area contributed by atoms with Crippen molar-refractivity contribution in [3.8, 4) is 5.75 Å². The highest BCUT2D eigenvalue weighted by Crippen LogP contribution is 2.22. The van der Waals surface area contributed by atoms with Crippen molar-refractivity contribution in [1.82, 2.24) is 0 Å². The average Bonchev–Trinajstić information content (AvgIpc) is 2.76. The molecule has 0 fully saturated rings. The molecule has 0 aliphatic heterocycles. The molecule has 5 nitrogen and oxygen atoms in total. The lowest BCUT2D eigenvalue weighted by Gasteiger charge is -2.23. The molecule has 0 spiro atoms. The Labute approximate surface area is 164 Å². The fraction of sp³-hybridized carbons (Fsp3) is 0.174. The first kappa shape index (κ1) is 19.5. The number of rotatable bonds is 8. The molecule has 0 saturated heterocycles. The molecule has 0 aliphatic carbocycles. The molecule has 0 radical (unpaired) electrons. The zero-order chi connectivity index (χ0) is 19.6. The van der Waals surface area contributed by atoms with Crippen LogP contribution in [0.15, 0.2) is 84.9 Å². The number of hydrogen-bond donors (Lipinski definition) is 1. The fourth-order valence-corrected chi connectivity index (χ4v) is 2.71. The van der Waals surface area contributed by atoms with Gasteiger partial charge in [0.15, 0.2) is 0 Å². The minimum Gasteiger partial charge on any atom is -0.491 e. The third-order valence-electron chi connectivity index (χ3n) is 4.12. The summed E-state index contributed by atoms with van der Waals surface area (Å²) in [6, 6.07) is 26.5. The summed E-state index contributed by atoms with van der Waals surface area (Å²) < 4.78 is 10.9. The van der Waals surface area contributed by atoms with E-state index < -0.39 is 6.09 Å². The SMILES string of the molecule is O=C(OCc1ccccc1)N(Cc1ccccc1)c1ccc(OCCO)cc1. The van der Waals surface area contributed by atoms with Crippen LogP contribution in [0, 0.1) is 0 Å². The third-order valence-corrected chi connectivity index (χ3v) is 4.12. The van der Waals surface area contributed by atoms with E-state index in [1.807, 2.05) is 60.7 Å². The predicted octanol–water partition coefficient (Wildman–Crippen LogP) is 4.40. The second kappa shape index (κ2) is 10.1. The molecular formula is C23H23NO4. The summed E-state index contributed by atoms with van der Waals surface area (Å²) in [6.07, 6.45) is -0.420. The molecule has 3 aromatic carbocycles. The molecule has 0 atom stereocenters. The standard InChI is InChI=1S/C23H23NO4/c25-15-16-27-22-13-11-21(12-14-22)24(17-19-7-3-1-4-8-19)23(26)28-18-20-9-5-2-6-10-20/h1-14,25H,15-18H2. The molecule has 144 valence electrons. The first-order chi connectivity index (χ1) is 13.8. The summed E-state index contributed by atoms with van der Waals surface area (Å²) in [5, 5.41) is 8.87. The highest BCUT2D eigenvalue weighted by molar-refractivity contribution is 5.87. The summed E-state index contributed by atoms with van der Waals surface area (Å²) in [5.41, 5.74) is 2.64. The first-order valence-electron chi connectivity index (χ1n) is 9.12. The van der Waals surface area contributed by atoms with E-state index >= 15 is 0 Å². The van der Waals surface area contributed by atoms with Gasteiger partial charge in [-0.25, -0.2) is 4.79 Å². The molecule has 0 saturated carbocycles. The number of nitrogens with zero attached hydrogens (tertiary/aromatic N) is 1. The molecule has 1 amide bonds. The highest BCUT2D eigenvalue weighted by Gasteiger charge is 2.18. The maximum atomic E-state index is 12.8. The lowest BCUT2D eigenvalue weighted by Crippen LogP contribution is -2.31. The van der Waals surface area contributed by atoms with E-state index in [0.717, 1.165) is 11.1 Å². The van der Waals surface area contributed by atoms with Crippen LogP contribution in [-0.4, -0.2) is 24.4 Å². The molecule has 28 heavy (non-hydrogen) atoms. The number of ether oxygens (including phenoxy) is 2. The van der Waals surface area contributed by atoms with Crippen molar-refractivity contribution < 1.29 is 19.4 Å². The van der Waals surface area contributed by atoms with Crippen molar-refractivity contribution >= 4 is 11.8 Å². The Balaban J connectivity index is 1.75. The Morgan fingerprint density at radius 3 is 2.04 bits per heavy atom. The minimum atomic E-state index is -0.420. The van der Waals surface area contributed by atoms with Crippen LogP contribution in [0.25, 0.3) is 0 Å². The van der Waals surface area contributed by atoms with Crippen LogP contribution in [-0.2, 0) is 17.9 Å². The van der Waals surface area contributed by atoms with Gasteiger partial charge in [0, 0.05) is 5.69 Å². The quantitative estimate of drug-likeness (QED) is 0.632. The molecule has 5 heteroatoms. The van der Waals surface area contributed by atoms with Crippen LogP contribution in [0.2, 0.25) is 0 Å². The number of anilines is 1. The Hall–Kier alpha value is -3.31. The van der Waals surface area contributed by atoms with Gasteiger partial charge in [0.2, 0.25) is 0 Å². The molecule has 1 N–H and O–H groups in total. The molecule has 0 aliphatic rings. The normalized spacial score (nSPS) is 10.3. The highest BCUT2D eigenvalue weighted by atomic mass is 16.6. The number of carbonyl (C=O) groups excluding carboxylic acids is 1. The second-order valence-electron chi connectivity index (χ2n) is 6.18. The third kappa shape index (κ3) is 5.59. The molecule has 3 rings (SSSR count). The second-order valence-corrected chi connectivity index (χ2v) is 6.18. The van der Waals surface area contributed by atoms with E-state index in [1.165, 1.54) is 0 Å². The van der Waals surface area contributed by atoms with E-state index in [9.17, 15) is 4.79 Å². The lowest BCUT2D eigenvalue weighted by atomic mass is 10.2.